The molecule has 2 rings (SSSR count). The van der Waals surface area contributed by atoms with Gasteiger partial charge in [-0.25, -0.2) is 4.99 Å². The van der Waals surface area contributed by atoms with Crippen molar-refractivity contribution in [1.29, 1.82) is 0 Å². The quantitative estimate of drug-likeness (QED) is 0.237. The molecule has 5 nitrogen and oxygen atoms in total. The van der Waals surface area contributed by atoms with Crippen LogP contribution in [-0.2, 0) is 13.1 Å². The molecule has 1 saturated heterocycles. The fraction of sp³-hybridized carbons (Fsp3) is 0.696. The van der Waals surface area contributed by atoms with Crippen LogP contribution in [0, 0.1) is 11.8 Å². The molecule has 6 heteroatoms. The Morgan fingerprint density at radius 3 is 2.34 bits per heavy atom. The Hall–Kier alpha value is -0.860. The Labute approximate surface area is 194 Å². The predicted molar refractivity (Wildman–Crippen MR) is 134 cm³/mol. The highest BCUT2D eigenvalue weighted by Gasteiger charge is 2.12. The summed E-state index contributed by atoms with van der Waals surface area (Å²) >= 11 is 0. The monoisotopic (exact) mass is 516 g/mol. The molecule has 29 heavy (non-hydrogen) atoms. The first-order valence-corrected chi connectivity index (χ1v) is 11.0. The number of hydrogen-bond donors (Lipinski definition) is 3. The van der Waals surface area contributed by atoms with E-state index in [1.807, 2.05) is 0 Å². The van der Waals surface area contributed by atoms with Gasteiger partial charge in [-0.05, 0) is 68.7 Å². The standard InChI is InChI=1S/C23H40N4O.HI/c1-4-24-23(26-17-22(11-14-28)15-19(2)3)25-16-20-7-9-21(10-8-20)18-27-12-5-6-13-27;/h7-10,19,22,28H,4-6,11-18H2,1-3H3,(H2,24,25,26);1H. The molecule has 0 amide bonds. The molecule has 166 valence electrons. The third-order valence-corrected chi connectivity index (χ3v) is 5.29. The fourth-order valence-electron chi connectivity index (χ4n) is 3.85. The van der Waals surface area contributed by atoms with E-state index in [1.54, 1.807) is 0 Å². The SMILES string of the molecule is CCNC(=NCc1ccc(CN2CCCC2)cc1)NCC(CCO)CC(C)C.I. The van der Waals surface area contributed by atoms with Gasteiger partial charge < -0.3 is 15.7 Å². The molecule has 1 unspecified atom stereocenters. The lowest BCUT2D eigenvalue weighted by atomic mass is 9.94. The van der Waals surface area contributed by atoms with Gasteiger partial charge in [0.15, 0.2) is 5.96 Å². The van der Waals surface area contributed by atoms with Crippen molar-refractivity contribution in [3.05, 3.63) is 35.4 Å². The fourth-order valence-corrected chi connectivity index (χ4v) is 3.85. The van der Waals surface area contributed by atoms with Crippen LogP contribution in [0.25, 0.3) is 0 Å². The molecular weight excluding hydrogens is 475 g/mol. The summed E-state index contributed by atoms with van der Waals surface area (Å²) in [6.07, 6.45) is 4.63. The Morgan fingerprint density at radius 2 is 1.76 bits per heavy atom. The predicted octanol–water partition coefficient (Wildman–Crippen LogP) is 4.00. The van der Waals surface area contributed by atoms with Crippen molar-refractivity contribution in [3.63, 3.8) is 0 Å². The largest absolute Gasteiger partial charge is 0.396 e. The van der Waals surface area contributed by atoms with Crippen LogP contribution < -0.4 is 10.6 Å². The summed E-state index contributed by atoms with van der Waals surface area (Å²) in [5.74, 6) is 1.96. The van der Waals surface area contributed by atoms with Crippen molar-refractivity contribution in [1.82, 2.24) is 15.5 Å². The van der Waals surface area contributed by atoms with Crippen LogP contribution in [0.3, 0.4) is 0 Å². The minimum atomic E-state index is 0. The van der Waals surface area contributed by atoms with Gasteiger partial charge in [0, 0.05) is 26.2 Å². The third kappa shape index (κ3) is 10.6. The molecule has 0 radical (unpaired) electrons. The number of nitrogens with zero attached hydrogens (tertiary/aromatic N) is 2. The average Bonchev–Trinajstić information content (AvgIpc) is 3.18. The minimum absolute atomic E-state index is 0. The third-order valence-electron chi connectivity index (χ3n) is 5.29. The van der Waals surface area contributed by atoms with Gasteiger partial charge in [-0.3, -0.25) is 4.90 Å². The number of aliphatic hydroxyl groups is 1. The Balaban J connectivity index is 0.00000420. The number of benzene rings is 1. The normalized spacial score (nSPS) is 16.0. The van der Waals surface area contributed by atoms with Crippen molar-refractivity contribution in [2.24, 2.45) is 16.8 Å². The van der Waals surface area contributed by atoms with Gasteiger partial charge in [0.05, 0.1) is 6.54 Å². The lowest BCUT2D eigenvalue weighted by Crippen LogP contribution is -2.40. The molecule has 0 saturated carbocycles. The summed E-state index contributed by atoms with van der Waals surface area (Å²) in [5, 5.41) is 16.1. The van der Waals surface area contributed by atoms with E-state index in [-0.39, 0.29) is 30.6 Å². The highest BCUT2D eigenvalue weighted by Crippen LogP contribution is 2.15. The van der Waals surface area contributed by atoms with Gasteiger partial charge in [-0.15, -0.1) is 24.0 Å². The summed E-state index contributed by atoms with van der Waals surface area (Å²) in [6, 6.07) is 8.88. The molecule has 1 aromatic carbocycles. The van der Waals surface area contributed by atoms with E-state index in [4.69, 9.17) is 4.99 Å². The van der Waals surface area contributed by atoms with E-state index < -0.39 is 0 Å². The molecule has 0 spiro atoms. The van der Waals surface area contributed by atoms with Crippen molar-refractivity contribution in [2.45, 2.75) is 59.5 Å². The number of halogens is 1. The molecule has 1 aromatic rings. The summed E-state index contributed by atoms with van der Waals surface area (Å²) in [4.78, 5) is 7.28. The van der Waals surface area contributed by atoms with Crippen molar-refractivity contribution >= 4 is 29.9 Å². The number of hydrogen-bond acceptors (Lipinski definition) is 3. The van der Waals surface area contributed by atoms with E-state index >= 15 is 0 Å². The Bertz CT molecular complexity index is 571. The van der Waals surface area contributed by atoms with Crippen LogP contribution in [0.15, 0.2) is 29.3 Å². The highest BCUT2D eigenvalue weighted by molar-refractivity contribution is 14.0. The smallest absolute Gasteiger partial charge is 0.191 e. The number of aliphatic hydroxyl groups excluding tert-OH is 1. The van der Waals surface area contributed by atoms with Gasteiger partial charge >= 0.3 is 0 Å². The second-order valence-electron chi connectivity index (χ2n) is 8.38. The van der Waals surface area contributed by atoms with Gasteiger partial charge in [-0.2, -0.15) is 0 Å². The number of nitrogens with one attached hydrogen (secondary N) is 2. The first kappa shape index (κ1) is 26.2. The van der Waals surface area contributed by atoms with Crippen LogP contribution in [0.2, 0.25) is 0 Å². The second kappa shape index (κ2) is 15.0. The lowest BCUT2D eigenvalue weighted by Gasteiger charge is -2.20. The van der Waals surface area contributed by atoms with Crippen molar-refractivity contribution in [2.75, 3.05) is 32.8 Å². The first-order chi connectivity index (χ1) is 13.6. The molecule has 0 bridgehead atoms. The summed E-state index contributed by atoms with van der Waals surface area (Å²) in [6.45, 7) is 12.7. The van der Waals surface area contributed by atoms with Crippen molar-refractivity contribution < 1.29 is 5.11 Å². The van der Waals surface area contributed by atoms with Crippen molar-refractivity contribution in [3.8, 4) is 0 Å². The molecule has 1 fully saturated rings. The molecule has 0 aliphatic carbocycles. The maximum Gasteiger partial charge on any atom is 0.191 e. The number of likely N-dealkylation sites (tertiary alicyclic amines) is 1. The lowest BCUT2D eigenvalue weighted by molar-refractivity contribution is 0.243. The molecule has 1 atom stereocenters. The van der Waals surface area contributed by atoms with E-state index in [2.05, 4.69) is 60.6 Å². The van der Waals surface area contributed by atoms with Crippen LogP contribution in [0.4, 0.5) is 0 Å². The number of guanidine groups is 1. The van der Waals surface area contributed by atoms with E-state index in [0.29, 0.717) is 18.4 Å². The van der Waals surface area contributed by atoms with E-state index in [0.717, 1.165) is 38.4 Å². The van der Waals surface area contributed by atoms with Gasteiger partial charge in [0.1, 0.15) is 0 Å². The van der Waals surface area contributed by atoms with Crippen LogP contribution in [0.5, 0.6) is 0 Å². The molecule has 1 aliphatic heterocycles. The number of aliphatic imine (C=N–C) groups is 1. The van der Waals surface area contributed by atoms with Gasteiger partial charge in [-0.1, -0.05) is 38.1 Å². The summed E-state index contributed by atoms with van der Waals surface area (Å²) in [7, 11) is 0. The van der Waals surface area contributed by atoms with Gasteiger partial charge in [0.25, 0.3) is 0 Å². The zero-order valence-corrected chi connectivity index (χ0v) is 20.8. The maximum absolute atomic E-state index is 9.31. The van der Waals surface area contributed by atoms with Gasteiger partial charge in [0.2, 0.25) is 0 Å². The summed E-state index contributed by atoms with van der Waals surface area (Å²) < 4.78 is 0. The first-order valence-electron chi connectivity index (χ1n) is 11.0. The van der Waals surface area contributed by atoms with E-state index in [9.17, 15) is 5.11 Å². The second-order valence-corrected chi connectivity index (χ2v) is 8.38. The molecule has 0 aromatic heterocycles. The topological polar surface area (TPSA) is 59.9 Å². The van der Waals surface area contributed by atoms with Crippen LogP contribution in [-0.4, -0.2) is 48.8 Å². The number of rotatable bonds is 11. The molecule has 1 aliphatic rings. The minimum Gasteiger partial charge on any atom is -0.396 e. The maximum atomic E-state index is 9.31. The Morgan fingerprint density at radius 1 is 1.10 bits per heavy atom. The zero-order chi connectivity index (χ0) is 20.2. The molecule has 3 N–H and O–H groups in total. The van der Waals surface area contributed by atoms with Crippen LogP contribution in [0.1, 0.15) is 57.6 Å². The highest BCUT2D eigenvalue weighted by atomic mass is 127. The summed E-state index contributed by atoms with van der Waals surface area (Å²) in [5.41, 5.74) is 2.62. The average molecular weight is 517 g/mol. The zero-order valence-electron chi connectivity index (χ0n) is 18.5. The Kier molecular flexibility index (Phi) is 13.6. The van der Waals surface area contributed by atoms with Crippen LogP contribution >= 0.6 is 24.0 Å². The van der Waals surface area contributed by atoms with E-state index in [1.165, 1.54) is 37.1 Å². The molecule has 1 heterocycles. The molecular formula is C23H41IN4O.